The Balaban J connectivity index is 1.95. The monoisotopic (exact) mass is 372 g/mol. The quantitative estimate of drug-likeness (QED) is 0.595. The minimum Gasteiger partial charge on any atom is -0.357 e. The van der Waals surface area contributed by atoms with Crippen molar-refractivity contribution in [1.82, 2.24) is 15.5 Å². The lowest BCUT2D eigenvalue weighted by Crippen LogP contribution is -2.46. The lowest BCUT2D eigenvalue weighted by molar-refractivity contribution is 0.0827. The van der Waals surface area contributed by atoms with Gasteiger partial charge in [-0.15, -0.1) is 0 Å². The summed E-state index contributed by atoms with van der Waals surface area (Å²) in [6.07, 6.45) is 4.57. The van der Waals surface area contributed by atoms with Crippen molar-refractivity contribution in [1.29, 1.82) is 0 Å². The summed E-state index contributed by atoms with van der Waals surface area (Å²) in [4.78, 5) is 18.5. The lowest BCUT2D eigenvalue weighted by Gasteiger charge is -2.32. The molecule has 1 saturated carbocycles. The molecule has 1 aliphatic carbocycles. The molecule has 5 heteroatoms. The van der Waals surface area contributed by atoms with Gasteiger partial charge in [0.05, 0.1) is 0 Å². The number of carbonyl (C=O) groups is 1. The molecule has 0 radical (unpaired) electrons. The van der Waals surface area contributed by atoms with Crippen molar-refractivity contribution in [2.24, 2.45) is 16.8 Å². The average molecular weight is 373 g/mol. The number of nitrogens with zero attached hydrogens (tertiary/aromatic N) is 2. The number of guanidine groups is 1. The summed E-state index contributed by atoms with van der Waals surface area (Å²) in [5, 5.41) is 7.00. The number of benzene rings is 1. The van der Waals surface area contributed by atoms with Crippen LogP contribution in [0.2, 0.25) is 0 Å². The fourth-order valence-corrected chi connectivity index (χ4v) is 3.99. The van der Waals surface area contributed by atoms with Gasteiger partial charge >= 0.3 is 0 Å². The van der Waals surface area contributed by atoms with Crippen LogP contribution in [0.3, 0.4) is 0 Å². The van der Waals surface area contributed by atoms with Crippen molar-refractivity contribution in [2.45, 2.75) is 52.5 Å². The van der Waals surface area contributed by atoms with Crippen molar-refractivity contribution in [3.63, 3.8) is 0 Å². The summed E-state index contributed by atoms with van der Waals surface area (Å²) in [5.74, 6) is 2.48. The molecule has 1 aromatic carbocycles. The molecule has 2 unspecified atom stereocenters. The van der Waals surface area contributed by atoms with E-state index >= 15 is 0 Å². The fraction of sp³-hybridized carbons (Fsp3) is 0.636. The number of hydrogen-bond donors (Lipinski definition) is 2. The average Bonchev–Trinajstić information content (AvgIpc) is 2.60. The van der Waals surface area contributed by atoms with Gasteiger partial charge in [-0.05, 0) is 62.1 Å². The molecular weight excluding hydrogens is 336 g/mol. The Hall–Kier alpha value is -2.04. The highest BCUT2D eigenvalue weighted by atomic mass is 16.2. The van der Waals surface area contributed by atoms with Gasteiger partial charge in [-0.2, -0.15) is 0 Å². The summed E-state index contributed by atoms with van der Waals surface area (Å²) in [6, 6.07) is 8.36. The largest absolute Gasteiger partial charge is 0.357 e. The molecule has 1 fully saturated rings. The van der Waals surface area contributed by atoms with Crippen molar-refractivity contribution in [3.05, 3.63) is 35.4 Å². The van der Waals surface area contributed by atoms with Crippen molar-refractivity contribution < 1.29 is 4.79 Å². The molecule has 2 rings (SSSR count). The molecule has 2 N–H and O–H groups in total. The molecule has 5 nitrogen and oxygen atoms in total. The maximum absolute atomic E-state index is 12.1. The second-order valence-electron chi connectivity index (χ2n) is 8.17. The third-order valence-electron chi connectivity index (χ3n) is 5.11. The molecule has 0 heterocycles. The first-order chi connectivity index (χ1) is 12.9. The number of carbonyl (C=O) groups excluding carboxylic acids is 1. The van der Waals surface area contributed by atoms with E-state index in [1.54, 1.807) is 19.0 Å². The van der Waals surface area contributed by atoms with Crippen LogP contribution in [0.25, 0.3) is 0 Å². The minimum absolute atomic E-state index is 0.0379. The van der Waals surface area contributed by atoms with Crippen LogP contribution in [-0.4, -0.2) is 50.0 Å². The van der Waals surface area contributed by atoms with E-state index < -0.39 is 0 Å². The predicted octanol–water partition coefficient (Wildman–Crippen LogP) is 3.31. The van der Waals surface area contributed by atoms with Gasteiger partial charge in [-0.3, -0.25) is 9.79 Å². The summed E-state index contributed by atoms with van der Waals surface area (Å²) < 4.78 is 0. The van der Waals surface area contributed by atoms with E-state index in [0.717, 1.165) is 41.9 Å². The van der Waals surface area contributed by atoms with Gasteiger partial charge in [-0.1, -0.05) is 26.0 Å². The summed E-state index contributed by atoms with van der Waals surface area (Å²) in [5.41, 5.74) is 1.87. The zero-order chi connectivity index (χ0) is 19.8. The Bertz CT molecular complexity index is 631. The van der Waals surface area contributed by atoms with E-state index in [-0.39, 0.29) is 5.91 Å². The second kappa shape index (κ2) is 10.3. The smallest absolute Gasteiger partial charge is 0.253 e. The lowest BCUT2D eigenvalue weighted by atomic mass is 9.80. The van der Waals surface area contributed by atoms with Crippen molar-refractivity contribution in [2.75, 3.05) is 27.2 Å². The maximum atomic E-state index is 12.1. The van der Waals surface area contributed by atoms with Gasteiger partial charge in [0.1, 0.15) is 0 Å². The second-order valence-corrected chi connectivity index (χ2v) is 8.17. The van der Waals surface area contributed by atoms with Crippen LogP contribution in [0, 0.1) is 11.8 Å². The molecule has 0 spiro atoms. The Labute approximate surface area is 164 Å². The standard InChI is InChI=1S/C22H36N4O/c1-6-23-22(25-20-13-16(2)12-17(3)14-20)24-11-10-18-8-7-9-19(15-18)21(27)26(4)5/h7-9,15-17,20H,6,10-14H2,1-5H3,(H2,23,24,25). The number of nitrogens with one attached hydrogen (secondary N) is 2. The zero-order valence-electron chi connectivity index (χ0n) is 17.6. The fourth-order valence-electron chi connectivity index (χ4n) is 3.99. The van der Waals surface area contributed by atoms with E-state index in [0.29, 0.717) is 12.6 Å². The number of rotatable bonds is 6. The Morgan fingerprint density at radius 1 is 1.19 bits per heavy atom. The van der Waals surface area contributed by atoms with Crippen LogP contribution < -0.4 is 10.6 Å². The van der Waals surface area contributed by atoms with Crippen molar-refractivity contribution >= 4 is 11.9 Å². The molecular formula is C22H36N4O. The molecule has 150 valence electrons. The Kier molecular flexibility index (Phi) is 8.14. The van der Waals surface area contributed by atoms with E-state index in [1.807, 2.05) is 18.2 Å². The highest BCUT2D eigenvalue weighted by Crippen LogP contribution is 2.28. The molecule has 0 aliphatic heterocycles. The van der Waals surface area contributed by atoms with Crippen LogP contribution in [0.4, 0.5) is 0 Å². The first-order valence-corrected chi connectivity index (χ1v) is 10.2. The molecule has 27 heavy (non-hydrogen) atoms. The molecule has 0 aromatic heterocycles. The van der Waals surface area contributed by atoms with Gasteiger partial charge < -0.3 is 15.5 Å². The predicted molar refractivity (Wildman–Crippen MR) is 113 cm³/mol. The molecule has 1 amide bonds. The highest BCUT2D eigenvalue weighted by molar-refractivity contribution is 5.94. The van der Waals surface area contributed by atoms with Gasteiger partial charge in [0, 0.05) is 38.8 Å². The molecule has 1 aromatic rings. The van der Waals surface area contributed by atoms with E-state index in [2.05, 4.69) is 37.5 Å². The van der Waals surface area contributed by atoms with Crippen LogP contribution in [-0.2, 0) is 6.42 Å². The Morgan fingerprint density at radius 2 is 1.89 bits per heavy atom. The summed E-state index contributed by atoms with van der Waals surface area (Å²) in [6.45, 7) is 8.34. The van der Waals surface area contributed by atoms with Gasteiger partial charge in [-0.25, -0.2) is 0 Å². The van der Waals surface area contributed by atoms with Gasteiger partial charge in [0.2, 0.25) is 0 Å². The molecule has 0 bridgehead atoms. The zero-order valence-corrected chi connectivity index (χ0v) is 17.6. The van der Waals surface area contributed by atoms with Crippen molar-refractivity contribution in [3.8, 4) is 0 Å². The third kappa shape index (κ3) is 6.89. The van der Waals surface area contributed by atoms with Gasteiger partial charge in [0.25, 0.3) is 5.91 Å². The highest BCUT2D eigenvalue weighted by Gasteiger charge is 2.24. The van der Waals surface area contributed by atoms with Crippen LogP contribution in [0.5, 0.6) is 0 Å². The van der Waals surface area contributed by atoms with E-state index in [1.165, 1.54) is 19.3 Å². The topological polar surface area (TPSA) is 56.7 Å². The molecule has 1 aliphatic rings. The van der Waals surface area contributed by atoms with Crippen LogP contribution >= 0.6 is 0 Å². The van der Waals surface area contributed by atoms with E-state index in [9.17, 15) is 4.79 Å². The maximum Gasteiger partial charge on any atom is 0.253 e. The first kappa shape index (κ1) is 21.3. The number of aliphatic imine (C=N–C) groups is 1. The first-order valence-electron chi connectivity index (χ1n) is 10.2. The Morgan fingerprint density at radius 3 is 2.52 bits per heavy atom. The normalized spacial score (nSPS) is 23.0. The summed E-state index contributed by atoms with van der Waals surface area (Å²) in [7, 11) is 3.56. The van der Waals surface area contributed by atoms with Crippen LogP contribution in [0.1, 0.15) is 56.0 Å². The third-order valence-corrected chi connectivity index (χ3v) is 5.11. The van der Waals surface area contributed by atoms with Crippen LogP contribution in [0.15, 0.2) is 29.3 Å². The van der Waals surface area contributed by atoms with E-state index in [4.69, 9.17) is 4.99 Å². The number of amides is 1. The minimum atomic E-state index is 0.0379. The van der Waals surface area contributed by atoms with Gasteiger partial charge in [0.15, 0.2) is 5.96 Å². The SMILES string of the molecule is CCNC(=NCCc1cccc(C(=O)N(C)C)c1)NC1CC(C)CC(C)C1. The summed E-state index contributed by atoms with van der Waals surface area (Å²) >= 11 is 0. The molecule has 0 saturated heterocycles. The molecule has 2 atom stereocenters. The number of hydrogen-bond acceptors (Lipinski definition) is 2.